The molecule has 0 radical (unpaired) electrons. The molecule has 27 heavy (non-hydrogen) atoms. The summed E-state index contributed by atoms with van der Waals surface area (Å²) in [5.74, 6) is 0. The predicted molar refractivity (Wildman–Crippen MR) is 116 cm³/mol. The van der Waals surface area contributed by atoms with Gasteiger partial charge in [-0.25, -0.2) is 12.7 Å². The van der Waals surface area contributed by atoms with Crippen molar-refractivity contribution in [3.63, 3.8) is 0 Å². The maximum Gasteiger partial charge on any atom is 0.242 e. The number of benzene rings is 1. The van der Waals surface area contributed by atoms with Gasteiger partial charge >= 0.3 is 0 Å². The van der Waals surface area contributed by atoms with Crippen molar-refractivity contribution in [1.29, 1.82) is 0 Å². The molecule has 1 saturated heterocycles. The maximum atomic E-state index is 12.4. The number of piperidine rings is 1. The lowest BCUT2D eigenvalue weighted by Crippen LogP contribution is -2.62. The maximum absolute atomic E-state index is 12.4. The van der Waals surface area contributed by atoms with Crippen LogP contribution < -0.4 is 16.0 Å². The summed E-state index contributed by atoms with van der Waals surface area (Å²) < 4.78 is 26.0. The summed E-state index contributed by atoms with van der Waals surface area (Å²) in [4.78, 5) is 0.243. The first-order chi connectivity index (χ1) is 12.2. The first kappa shape index (κ1) is 22.1. The van der Waals surface area contributed by atoms with Crippen molar-refractivity contribution in [2.75, 3.05) is 19.4 Å². The second-order valence-corrected chi connectivity index (χ2v) is 11.4. The molecule has 0 aromatic heterocycles. The van der Waals surface area contributed by atoms with Gasteiger partial charge < -0.3 is 16.0 Å². The first-order valence-electron chi connectivity index (χ1n) is 9.12. The summed E-state index contributed by atoms with van der Waals surface area (Å²) in [7, 11) is -0.443. The highest BCUT2D eigenvalue weighted by Crippen LogP contribution is 2.29. The van der Waals surface area contributed by atoms with Crippen molar-refractivity contribution in [3.05, 3.63) is 23.8 Å². The molecule has 8 heteroatoms. The quantitative estimate of drug-likeness (QED) is 0.661. The van der Waals surface area contributed by atoms with Crippen LogP contribution in [-0.2, 0) is 10.0 Å². The zero-order valence-corrected chi connectivity index (χ0v) is 18.9. The highest BCUT2D eigenvalue weighted by Gasteiger charge is 2.37. The van der Waals surface area contributed by atoms with E-state index in [0.29, 0.717) is 10.8 Å². The van der Waals surface area contributed by atoms with Crippen molar-refractivity contribution in [2.45, 2.75) is 69.5 Å². The van der Waals surface area contributed by atoms with E-state index in [0.717, 1.165) is 18.4 Å². The third-order valence-electron chi connectivity index (χ3n) is 4.76. The van der Waals surface area contributed by atoms with Gasteiger partial charge in [0, 0.05) is 36.9 Å². The van der Waals surface area contributed by atoms with Gasteiger partial charge in [0.05, 0.1) is 4.90 Å². The van der Waals surface area contributed by atoms with Gasteiger partial charge in [0.1, 0.15) is 0 Å². The normalized spacial score (nSPS) is 19.7. The molecule has 1 aromatic carbocycles. The third kappa shape index (κ3) is 5.63. The number of hydrogen-bond donors (Lipinski definition) is 3. The molecule has 1 aliphatic heterocycles. The molecule has 1 fully saturated rings. The highest BCUT2D eigenvalue weighted by atomic mass is 32.2. The van der Waals surface area contributed by atoms with Crippen molar-refractivity contribution in [3.8, 4) is 0 Å². The average molecular weight is 413 g/mol. The van der Waals surface area contributed by atoms with Crippen molar-refractivity contribution in [2.24, 2.45) is 0 Å². The van der Waals surface area contributed by atoms with E-state index in [2.05, 4.69) is 43.6 Å². The standard InChI is InChI=1S/C19H32N4O2S2/c1-13-8-9-15(27(24,25)23(6)7)10-16(13)21-17(26)20-14-11-18(2,3)22-19(4,5)12-14/h8-10,14,22H,11-12H2,1-7H3,(H2,20,21,26). The summed E-state index contributed by atoms with van der Waals surface area (Å²) in [6.07, 6.45) is 1.90. The van der Waals surface area contributed by atoms with Gasteiger partial charge in [-0.1, -0.05) is 6.07 Å². The molecule has 1 aliphatic rings. The molecule has 0 unspecified atom stereocenters. The van der Waals surface area contributed by atoms with E-state index in [-0.39, 0.29) is 22.0 Å². The minimum absolute atomic E-state index is 0.0185. The van der Waals surface area contributed by atoms with Gasteiger partial charge in [-0.2, -0.15) is 0 Å². The number of nitrogens with zero attached hydrogens (tertiary/aromatic N) is 1. The Morgan fingerprint density at radius 2 is 1.74 bits per heavy atom. The number of nitrogens with one attached hydrogen (secondary N) is 3. The van der Waals surface area contributed by atoms with E-state index in [9.17, 15) is 8.42 Å². The topological polar surface area (TPSA) is 73.5 Å². The van der Waals surface area contributed by atoms with E-state index in [4.69, 9.17) is 12.2 Å². The molecule has 0 aliphatic carbocycles. The molecule has 3 N–H and O–H groups in total. The molecule has 0 atom stereocenters. The molecular formula is C19H32N4O2S2. The lowest BCUT2D eigenvalue weighted by molar-refractivity contribution is 0.156. The summed E-state index contributed by atoms with van der Waals surface area (Å²) >= 11 is 5.51. The number of hydrogen-bond acceptors (Lipinski definition) is 4. The van der Waals surface area contributed by atoms with Crippen LogP contribution in [0.3, 0.4) is 0 Å². The fourth-order valence-corrected chi connectivity index (χ4v) is 5.08. The van der Waals surface area contributed by atoms with Crippen LogP contribution in [0.15, 0.2) is 23.1 Å². The van der Waals surface area contributed by atoms with Gasteiger partial charge in [0.2, 0.25) is 10.0 Å². The summed E-state index contributed by atoms with van der Waals surface area (Å²) in [6.45, 7) is 10.7. The van der Waals surface area contributed by atoms with Crippen LogP contribution in [0, 0.1) is 6.92 Å². The fourth-order valence-electron chi connectivity index (χ4n) is 3.88. The molecule has 6 nitrogen and oxygen atoms in total. The van der Waals surface area contributed by atoms with Gasteiger partial charge in [-0.15, -0.1) is 0 Å². The Balaban J connectivity index is 2.14. The van der Waals surface area contributed by atoms with E-state index in [1.165, 1.54) is 18.4 Å². The minimum Gasteiger partial charge on any atom is -0.360 e. The van der Waals surface area contributed by atoms with Crippen LogP contribution in [0.1, 0.15) is 46.1 Å². The van der Waals surface area contributed by atoms with E-state index in [1.807, 2.05) is 6.92 Å². The van der Waals surface area contributed by atoms with Crippen LogP contribution in [-0.4, -0.2) is 49.1 Å². The van der Waals surface area contributed by atoms with Crippen LogP contribution in [0.5, 0.6) is 0 Å². The number of aryl methyl sites for hydroxylation is 1. The Kier molecular flexibility index (Phi) is 6.26. The zero-order chi connectivity index (χ0) is 20.6. The summed E-state index contributed by atoms with van der Waals surface area (Å²) in [5, 5.41) is 10.8. The number of sulfonamides is 1. The van der Waals surface area contributed by atoms with Gasteiger partial charge in [-0.3, -0.25) is 0 Å². The molecule has 0 amide bonds. The number of anilines is 1. The van der Waals surface area contributed by atoms with Crippen LogP contribution in [0.2, 0.25) is 0 Å². The molecule has 0 bridgehead atoms. The van der Waals surface area contributed by atoms with Crippen molar-refractivity contribution < 1.29 is 8.42 Å². The Labute approximate surface area is 169 Å². The molecular weight excluding hydrogens is 380 g/mol. The van der Waals surface area contributed by atoms with E-state index in [1.54, 1.807) is 18.2 Å². The predicted octanol–water partition coefficient (Wildman–Crippen LogP) is 2.84. The molecule has 0 saturated carbocycles. The second-order valence-electron chi connectivity index (χ2n) is 8.86. The minimum atomic E-state index is -3.49. The Bertz CT molecular complexity index is 801. The molecule has 1 aromatic rings. The lowest BCUT2D eigenvalue weighted by atomic mass is 9.80. The first-order valence-corrected chi connectivity index (χ1v) is 11.0. The highest BCUT2D eigenvalue weighted by molar-refractivity contribution is 7.89. The third-order valence-corrected chi connectivity index (χ3v) is 6.79. The second kappa shape index (κ2) is 7.66. The average Bonchev–Trinajstić information content (AvgIpc) is 2.45. The van der Waals surface area contributed by atoms with E-state index >= 15 is 0 Å². The largest absolute Gasteiger partial charge is 0.360 e. The smallest absolute Gasteiger partial charge is 0.242 e. The SMILES string of the molecule is Cc1ccc(S(=O)(=O)N(C)C)cc1NC(=S)NC1CC(C)(C)NC(C)(C)C1. The number of rotatable bonds is 4. The Morgan fingerprint density at radius 3 is 2.26 bits per heavy atom. The van der Waals surface area contributed by atoms with Gasteiger partial charge in [-0.05, 0) is 77.4 Å². The fraction of sp³-hybridized carbons (Fsp3) is 0.632. The molecule has 2 rings (SSSR count). The Morgan fingerprint density at radius 1 is 1.19 bits per heavy atom. The Hall–Kier alpha value is -1.22. The summed E-state index contributed by atoms with van der Waals surface area (Å²) in [5.41, 5.74) is 1.67. The molecule has 0 spiro atoms. The molecule has 152 valence electrons. The number of thiocarbonyl (C=S) groups is 1. The van der Waals surface area contributed by atoms with Gasteiger partial charge in [0.15, 0.2) is 5.11 Å². The van der Waals surface area contributed by atoms with Crippen molar-refractivity contribution in [1.82, 2.24) is 14.9 Å². The zero-order valence-electron chi connectivity index (χ0n) is 17.3. The molecule has 1 heterocycles. The summed E-state index contributed by atoms with van der Waals surface area (Å²) in [6, 6.07) is 5.28. The van der Waals surface area contributed by atoms with Gasteiger partial charge in [0.25, 0.3) is 0 Å². The van der Waals surface area contributed by atoms with Crippen LogP contribution in [0.4, 0.5) is 5.69 Å². The van der Waals surface area contributed by atoms with E-state index < -0.39 is 10.0 Å². The lowest BCUT2D eigenvalue weighted by Gasteiger charge is -2.46. The van der Waals surface area contributed by atoms with Crippen LogP contribution in [0.25, 0.3) is 0 Å². The monoisotopic (exact) mass is 412 g/mol. The van der Waals surface area contributed by atoms with Crippen LogP contribution >= 0.6 is 12.2 Å². The van der Waals surface area contributed by atoms with Crippen molar-refractivity contribution >= 4 is 33.0 Å².